The lowest BCUT2D eigenvalue weighted by Gasteiger charge is -2.34. The van der Waals surface area contributed by atoms with Crippen LogP contribution in [-0.2, 0) is 10.2 Å². The first-order valence-electron chi connectivity index (χ1n) is 9.57. The molecule has 29 heavy (non-hydrogen) atoms. The maximum Gasteiger partial charge on any atom is 0.306 e. The lowest BCUT2D eigenvalue weighted by atomic mass is 9.67. The van der Waals surface area contributed by atoms with Crippen molar-refractivity contribution in [3.8, 4) is 17.6 Å². The molecule has 0 heterocycles. The van der Waals surface area contributed by atoms with Crippen molar-refractivity contribution in [1.29, 1.82) is 5.26 Å². The minimum absolute atomic E-state index is 0. The van der Waals surface area contributed by atoms with Gasteiger partial charge < -0.3 is 26.9 Å². The fourth-order valence-electron chi connectivity index (χ4n) is 4.07. The number of hydrogen-bond acceptors (Lipinski definition) is 6. The van der Waals surface area contributed by atoms with Crippen molar-refractivity contribution in [3.05, 3.63) is 36.9 Å². The second-order valence-electron chi connectivity index (χ2n) is 7.20. The number of carbonyl (C=O) groups is 1. The molecule has 0 spiro atoms. The van der Waals surface area contributed by atoms with Gasteiger partial charge in [-0.1, -0.05) is 6.07 Å². The normalized spacial score (nSPS) is 23.2. The molecule has 7 nitrogen and oxygen atoms in total. The van der Waals surface area contributed by atoms with Crippen molar-refractivity contribution in [3.63, 3.8) is 0 Å². The van der Waals surface area contributed by atoms with Crippen LogP contribution in [0, 0.1) is 17.2 Å². The number of hydrogen-bond donors (Lipinski definition) is 3. The minimum atomic E-state index is -0.758. The number of nitrogens with zero attached hydrogens (tertiary/aromatic N) is 1. The molecule has 0 amide bonds. The Morgan fingerprint density at radius 1 is 1.14 bits per heavy atom. The average Bonchev–Trinajstić information content (AvgIpc) is 3.22. The van der Waals surface area contributed by atoms with Crippen LogP contribution < -0.4 is 21.8 Å². The highest BCUT2D eigenvalue weighted by atomic mass is 16.5. The van der Waals surface area contributed by atoms with E-state index in [1.165, 1.54) is 12.8 Å². The third kappa shape index (κ3) is 5.96. The molecule has 0 unspecified atom stereocenters. The summed E-state index contributed by atoms with van der Waals surface area (Å²) in [6, 6.07) is 8.18. The van der Waals surface area contributed by atoms with Crippen LogP contribution in [0.25, 0.3) is 0 Å². The van der Waals surface area contributed by atoms with Gasteiger partial charge in [0.05, 0.1) is 30.6 Å². The summed E-state index contributed by atoms with van der Waals surface area (Å²) in [7, 11) is 1.62. The first kappa shape index (κ1) is 26.4. The van der Waals surface area contributed by atoms with Crippen molar-refractivity contribution in [1.82, 2.24) is 12.3 Å². The van der Waals surface area contributed by atoms with Crippen molar-refractivity contribution in [2.24, 2.45) is 5.92 Å². The zero-order chi connectivity index (χ0) is 19.9. The molecule has 2 aliphatic carbocycles. The highest BCUT2D eigenvalue weighted by Crippen LogP contribution is 2.44. The van der Waals surface area contributed by atoms with Gasteiger partial charge in [-0.25, -0.2) is 0 Å². The van der Waals surface area contributed by atoms with Crippen LogP contribution in [0.2, 0.25) is 0 Å². The van der Waals surface area contributed by atoms with Gasteiger partial charge in [0.1, 0.15) is 0 Å². The molecule has 1 aromatic rings. The number of rotatable bonds is 5. The minimum Gasteiger partial charge on any atom is -0.493 e. The van der Waals surface area contributed by atoms with Crippen LogP contribution in [0.5, 0.6) is 11.5 Å². The van der Waals surface area contributed by atoms with Gasteiger partial charge in [-0.3, -0.25) is 4.79 Å². The number of ether oxygens (including phenoxy) is 2. The maximum atomic E-state index is 11.2. The Bertz CT molecular complexity index is 688. The van der Waals surface area contributed by atoms with E-state index in [2.05, 4.69) is 19.2 Å². The van der Waals surface area contributed by atoms with Gasteiger partial charge in [0, 0.05) is 0 Å². The number of benzene rings is 1. The second-order valence-corrected chi connectivity index (χ2v) is 7.20. The molecular formula is C22H35N3O4. The van der Waals surface area contributed by atoms with E-state index in [-0.39, 0.29) is 24.3 Å². The van der Waals surface area contributed by atoms with E-state index in [0.717, 1.165) is 18.4 Å². The van der Waals surface area contributed by atoms with Crippen LogP contribution in [0.1, 0.15) is 56.9 Å². The summed E-state index contributed by atoms with van der Waals surface area (Å²) in [5, 5.41) is 19.1. The van der Waals surface area contributed by atoms with Crippen molar-refractivity contribution >= 4 is 5.97 Å². The summed E-state index contributed by atoms with van der Waals surface area (Å²) in [6.45, 7) is 6.00. The summed E-state index contributed by atoms with van der Waals surface area (Å²) < 4.78 is 11.6. The zero-order valence-corrected chi connectivity index (χ0v) is 17.5. The van der Waals surface area contributed by atoms with Gasteiger partial charge in [0.2, 0.25) is 0 Å². The molecule has 2 aliphatic rings. The average molecular weight is 406 g/mol. The first-order chi connectivity index (χ1) is 13.1. The van der Waals surface area contributed by atoms with E-state index in [4.69, 9.17) is 9.47 Å². The smallest absolute Gasteiger partial charge is 0.306 e. The largest absolute Gasteiger partial charge is 0.493 e. The molecule has 2 saturated carbocycles. The number of carboxylic acids is 1. The SMILES string of the molecule is C=C.COc1ccc([C@]2(C#N)CC[C@@H](C(=O)O)CC2)cc1OC1CCCC1.N.N. The standard InChI is InChI=1S/C20H25NO4.C2H4.2H3N/c1-24-17-7-6-15(12-18(17)25-16-4-2-3-5-16)20(13-21)10-8-14(9-11-20)19(22)23;1-2;;/h6-7,12,14,16H,2-5,8-11H2,1H3,(H,22,23);1-2H2;2*1H3/t14-,20-;;;. The molecule has 0 aromatic heterocycles. The Hall–Kier alpha value is -2.56. The molecular weight excluding hydrogens is 370 g/mol. The summed E-state index contributed by atoms with van der Waals surface area (Å²) in [6.07, 6.45) is 6.89. The van der Waals surface area contributed by atoms with Gasteiger partial charge in [-0.15, -0.1) is 13.2 Å². The van der Waals surface area contributed by atoms with Crippen molar-refractivity contribution in [2.45, 2.75) is 62.9 Å². The Balaban J connectivity index is 0.00000190. The summed E-state index contributed by atoms with van der Waals surface area (Å²) >= 11 is 0. The molecule has 2 fully saturated rings. The molecule has 0 saturated heterocycles. The van der Waals surface area contributed by atoms with E-state index >= 15 is 0 Å². The fraction of sp³-hybridized carbons (Fsp3) is 0.545. The monoisotopic (exact) mass is 405 g/mol. The fourth-order valence-corrected chi connectivity index (χ4v) is 4.07. The number of carboxylic acid groups (broad SMARTS) is 1. The lowest BCUT2D eigenvalue weighted by Crippen LogP contribution is -2.33. The zero-order valence-electron chi connectivity index (χ0n) is 17.5. The predicted octanol–water partition coefficient (Wildman–Crippen LogP) is 5.18. The van der Waals surface area contributed by atoms with E-state index in [1.807, 2.05) is 18.2 Å². The molecule has 0 atom stereocenters. The topological polar surface area (TPSA) is 150 Å². The van der Waals surface area contributed by atoms with Crippen LogP contribution in [-0.4, -0.2) is 24.3 Å². The Morgan fingerprint density at radius 3 is 2.21 bits per heavy atom. The molecule has 162 valence electrons. The Kier molecular flexibility index (Phi) is 11.0. The van der Waals surface area contributed by atoms with Crippen LogP contribution in [0.3, 0.4) is 0 Å². The quantitative estimate of drug-likeness (QED) is 0.571. The molecule has 1 aromatic carbocycles. The molecule has 0 bridgehead atoms. The molecule has 3 rings (SSSR count). The predicted molar refractivity (Wildman–Crippen MR) is 114 cm³/mol. The van der Waals surface area contributed by atoms with E-state index in [9.17, 15) is 15.2 Å². The van der Waals surface area contributed by atoms with Gasteiger partial charge in [-0.05, 0) is 69.1 Å². The molecule has 7 heteroatoms. The Morgan fingerprint density at radius 2 is 1.72 bits per heavy atom. The van der Waals surface area contributed by atoms with Crippen molar-refractivity contribution in [2.75, 3.05) is 7.11 Å². The molecule has 0 radical (unpaired) electrons. The Labute approximate surface area is 173 Å². The first-order valence-corrected chi connectivity index (χ1v) is 9.57. The summed E-state index contributed by atoms with van der Waals surface area (Å²) in [4.78, 5) is 11.2. The molecule has 7 N–H and O–H groups in total. The summed E-state index contributed by atoms with van der Waals surface area (Å²) in [5.74, 6) is 0.283. The maximum absolute atomic E-state index is 11.2. The van der Waals surface area contributed by atoms with E-state index in [0.29, 0.717) is 37.2 Å². The van der Waals surface area contributed by atoms with Gasteiger partial charge in [0.25, 0.3) is 0 Å². The highest BCUT2D eigenvalue weighted by Gasteiger charge is 2.39. The van der Waals surface area contributed by atoms with E-state index < -0.39 is 11.4 Å². The van der Waals surface area contributed by atoms with Crippen LogP contribution in [0.15, 0.2) is 31.4 Å². The van der Waals surface area contributed by atoms with Crippen molar-refractivity contribution < 1.29 is 19.4 Å². The third-order valence-electron chi connectivity index (χ3n) is 5.71. The lowest BCUT2D eigenvalue weighted by molar-refractivity contribution is -0.143. The number of methoxy groups -OCH3 is 1. The van der Waals surface area contributed by atoms with Gasteiger partial charge >= 0.3 is 5.97 Å². The van der Waals surface area contributed by atoms with E-state index in [1.54, 1.807) is 7.11 Å². The van der Waals surface area contributed by atoms with Gasteiger partial charge in [0.15, 0.2) is 11.5 Å². The second kappa shape index (κ2) is 12.1. The molecule has 0 aliphatic heterocycles. The van der Waals surface area contributed by atoms with Gasteiger partial charge in [-0.2, -0.15) is 5.26 Å². The number of nitriles is 1. The summed E-state index contributed by atoms with van der Waals surface area (Å²) in [5.41, 5.74) is 0.277. The number of aliphatic carboxylic acids is 1. The highest BCUT2D eigenvalue weighted by molar-refractivity contribution is 5.70. The van der Waals surface area contributed by atoms with Crippen LogP contribution in [0.4, 0.5) is 0 Å². The third-order valence-corrected chi connectivity index (χ3v) is 5.71. The van der Waals surface area contributed by atoms with Crippen LogP contribution >= 0.6 is 0 Å².